The Morgan fingerprint density at radius 3 is 2.68 bits per heavy atom. The van der Waals surface area contributed by atoms with E-state index in [2.05, 4.69) is 20.3 Å². The highest BCUT2D eigenvalue weighted by Gasteiger charge is 2.43. The number of nitrogens with zero attached hydrogens (tertiary/aromatic N) is 3. The Hall–Kier alpha value is -2.74. The smallest absolute Gasteiger partial charge is 0.337 e. The minimum Gasteiger partial charge on any atom is -0.398 e. The number of nitrogen functional groups attached to an aromatic ring is 1. The van der Waals surface area contributed by atoms with Crippen LogP contribution in [-0.2, 0) is 24.4 Å². The number of nitrogens with one attached hydrogen (secondary N) is 2. The van der Waals surface area contributed by atoms with Gasteiger partial charge in [0.25, 0.3) is 11.8 Å². The van der Waals surface area contributed by atoms with Crippen LogP contribution in [0, 0.1) is 0 Å². The number of carbonyl (C=O) groups is 3. The summed E-state index contributed by atoms with van der Waals surface area (Å²) >= 11 is 1.09. The number of hydrogen-bond donors (Lipinski definition) is 3. The van der Waals surface area contributed by atoms with Crippen LogP contribution < -0.4 is 15.8 Å². The van der Waals surface area contributed by atoms with Crippen molar-refractivity contribution in [1.82, 2.24) is 19.9 Å². The van der Waals surface area contributed by atoms with E-state index < -0.39 is 33.9 Å². The number of rotatable bonds is 5. The van der Waals surface area contributed by atoms with Crippen LogP contribution in [0.2, 0.25) is 0 Å². The average molecular weight is 390 g/mol. The number of hydrogen-bond acceptors (Lipinski definition) is 10. The summed E-state index contributed by atoms with van der Waals surface area (Å²) in [4.78, 5) is 44.9. The first-order chi connectivity index (χ1) is 11.6. The van der Waals surface area contributed by atoms with E-state index in [0.29, 0.717) is 4.90 Å². The van der Waals surface area contributed by atoms with Gasteiger partial charge in [0.15, 0.2) is 10.8 Å². The third-order valence-electron chi connectivity index (χ3n) is 2.91. The molecular formula is C11H14N6O6S2. The summed E-state index contributed by atoms with van der Waals surface area (Å²) in [7, 11) is -2.57. The minimum atomic E-state index is -3.80. The van der Waals surface area contributed by atoms with E-state index in [1.54, 1.807) is 4.72 Å². The van der Waals surface area contributed by atoms with Crippen LogP contribution in [0.4, 0.5) is 9.93 Å². The zero-order chi connectivity index (χ0) is 18.8. The molecule has 0 aliphatic carbocycles. The van der Waals surface area contributed by atoms with Crippen LogP contribution in [0.25, 0.3) is 0 Å². The molecule has 0 saturated carbocycles. The summed E-state index contributed by atoms with van der Waals surface area (Å²) in [6.45, 7) is -0.189. The maximum Gasteiger partial charge on any atom is 0.337 e. The molecule has 1 aromatic heterocycles. The molecule has 136 valence electrons. The Kier molecular flexibility index (Phi) is 5.22. The fourth-order valence-corrected chi connectivity index (χ4v) is 2.82. The second-order valence-electron chi connectivity index (χ2n) is 4.85. The molecule has 1 aliphatic rings. The second-order valence-corrected chi connectivity index (χ2v) is 7.49. The molecule has 0 aromatic carbocycles. The van der Waals surface area contributed by atoms with E-state index in [9.17, 15) is 22.8 Å². The first-order valence-corrected chi connectivity index (χ1v) is 9.36. The van der Waals surface area contributed by atoms with E-state index in [0.717, 1.165) is 17.6 Å². The lowest BCUT2D eigenvalue weighted by atomic mass is 10.1. The Bertz CT molecular complexity index is 847. The summed E-state index contributed by atoms with van der Waals surface area (Å²) in [5.41, 5.74) is 5.48. The van der Waals surface area contributed by atoms with Gasteiger partial charge in [-0.2, -0.15) is 0 Å². The van der Waals surface area contributed by atoms with Crippen LogP contribution in [0.15, 0.2) is 10.5 Å². The van der Waals surface area contributed by atoms with Crippen molar-refractivity contribution in [3.8, 4) is 0 Å². The van der Waals surface area contributed by atoms with Gasteiger partial charge in [0, 0.05) is 5.38 Å². The summed E-state index contributed by atoms with van der Waals surface area (Å²) in [6.07, 6.45) is 0.779. The first kappa shape index (κ1) is 18.6. The molecule has 0 unspecified atom stereocenters. The molecule has 1 saturated heterocycles. The van der Waals surface area contributed by atoms with Gasteiger partial charge in [-0.1, -0.05) is 5.16 Å². The fraction of sp³-hybridized carbons (Fsp3) is 0.364. The molecule has 1 fully saturated rings. The molecule has 1 aliphatic heterocycles. The summed E-state index contributed by atoms with van der Waals surface area (Å²) in [5, 5.41) is 7.62. The van der Waals surface area contributed by atoms with Crippen molar-refractivity contribution in [2.45, 2.75) is 6.04 Å². The third kappa shape index (κ3) is 4.42. The molecule has 0 radical (unpaired) electrons. The lowest BCUT2D eigenvalue weighted by Gasteiger charge is -2.36. The molecule has 1 aromatic rings. The average Bonchev–Trinajstić information content (AvgIpc) is 2.92. The molecular weight excluding hydrogens is 376 g/mol. The highest BCUT2D eigenvalue weighted by molar-refractivity contribution is 7.89. The van der Waals surface area contributed by atoms with E-state index in [1.165, 1.54) is 12.5 Å². The fourth-order valence-electron chi connectivity index (χ4n) is 1.85. The van der Waals surface area contributed by atoms with Gasteiger partial charge in [-0.3, -0.25) is 14.5 Å². The third-order valence-corrected chi connectivity index (χ3v) is 4.13. The SMILES string of the molecule is CON=C(C(=O)N[C@H]1CN(C(=O)NS(C)(=O)=O)C1=O)c1csc(N)n1. The number of likely N-dealkylation sites (tertiary alicyclic amines) is 1. The second kappa shape index (κ2) is 7.02. The van der Waals surface area contributed by atoms with Gasteiger partial charge in [-0.15, -0.1) is 11.3 Å². The number of anilines is 1. The Labute approximate surface area is 146 Å². The molecule has 2 heterocycles. The quantitative estimate of drug-likeness (QED) is 0.296. The van der Waals surface area contributed by atoms with Crippen LogP contribution in [0.5, 0.6) is 0 Å². The summed E-state index contributed by atoms with van der Waals surface area (Å²) in [5.74, 6) is -1.52. The Balaban J connectivity index is 2.01. The number of nitrogens with two attached hydrogens (primary N) is 1. The van der Waals surface area contributed by atoms with Crippen molar-refractivity contribution in [3.05, 3.63) is 11.1 Å². The van der Waals surface area contributed by atoms with Crippen molar-refractivity contribution >= 4 is 50.0 Å². The molecule has 25 heavy (non-hydrogen) atoms. The van der Waals surface area contributed by atoms with Gasteiger partial charge in [0.2, 0.25) is 10.0 Å². The maximum atomic E-state index is 12.2. The lowest BCUT2D eigenvalue weighted by Crippen LogP contribution is -2.67. The molecule has 14 heteroatoms. The van der Waals surface area contributed by atoms with Crippen molar-refractivity contribution in [2.75, 3.05) is 25.6 Å². The monoisotopic (exact) mass is 390 g/mol. The topological polar surface area (TPSA) is 173 Å². The molecule has 0 bridgehead atoms. The number of thiazole rings is 1. The van der Waals surface area contributed by atoms with Crippen molar-refractivity contribution in [3.63, 3.8) is 0 Å². The van der Waals surface area contributed by atoms with Gasteiger partial charge < -0.3 is 15.9 Å². The zero-order valence-electron chi connectivity index (χ0n) is 13.0. The first-order valence-electron chi connectivity index (χ1n) is 6.59. The highest BCUT2D eigenvalue weighted by atomic mass is 32.2. The zero-order valence-corrected chi connectivity index (χ0v) is 14.7. The predicted octanol–water partition coefficient (Wildman–Crippen LogP) is -1.93. The van der Waals surface area contributed by atoms with E-state index in [-0.39, 0.29) is 23.1 Å². The van der Waals surface area contributed by atoms with Crippen LogP contribution in [0.1, 0.15) is 5.69 Å². The van der Waals surface area contributed by atoms with Crippen molar-refractivity contribution in [2.24, 2.45) is 5.16 Å². The molecule has 1 atom stereocenters. The number of imide groups is 1. The van der Waals surface area contributed by atoms with Gasteiger partial charge in [0.1, 0.15) is 18.8 Å². The Morgan fingerprint density at radius 1 is 1.52 bits per heavy atom. The number of amides is 4. The molecule has 4 N–H and O–H groups in total. The normalized spacial score (nSPS) is 17.7. The highest BCUT2D eigenvalue weighted by Crippen LogP contribution is 2.14. The van der Waals surface area contributed by atoms with Crippen LogP contribution in [0.3, 0.4) is 0 Å². The van der Waals surface area contributed by atoms with Crippen LogP contribution in [-0.4, -0.2) is 67.8 Å². The van der Waals surface area contributed by atoms with Crippen molar-refractivity contribution < 1.29 is 27.6 Å². The summed E-state index contributed by atoms with van der Waals surface area (Å²) < 4.78 is 23.6. The van der Waals surface area contributed by atoms with E-state index in [4.69, 9.17) is 5.73 Å². The van der Waals surface area contributed by atoms with E-state index >= 15 is 0 Å². The molecule has 2 rings (SSSR count). The number of carbonyl (C=O) groups excluding carboxylic acids is 3. The van der Waals surface area contributed by atoms with Gasteiger partial charge in [0.05, 0.1) is 12.8 Å². The standard InChI is InChI=1S/C11H14N6O6S2/c1-23-15-7(6-4-24-10(12)14-6)8(18)13-5-3-17(9(5)19)11(20)16-25(2,21)22/h4-5H,3H2,1-2H3,(H2,12,14)(H,13,18)(H,16,20)/t5-/m0/s1. The predicted molar refractivity (Wildman–Crippen MR) is 87.1 cm³/mol. The summed E-state index contributed by atoms with van der Waals surface area (Å²) in [6, 6.07) is -2.09. The number of oxime groups is 1. The van der Waals surface area contributed by atoms with Gasteiger partial charge >= 0.3 is 6.03 Å². The molecule has 0 spiro atoms. The number of sulfonamides is 1. The van der Waals surface area contributed by atoms with E-state index in [1.807, 2.05) is 0 Å². The molecule has 12 nitrogen and oxygen atoms in total. The molecule has 4 amide bonds. The van der Waals surface area contributed by atoms with Gasteiger partial charge in [-0.05, 0) is 0 Å². The maximum absolute atomic E-state index is 12.2. The van der Waals surface area contributed by atoms with Crippen molar-refractivity contribution in [1.29, 1.82) is 0 Å². The van der Waals surface area contributed by atoms with Gasteiger partial charge in [-0.25, -0.2) is 22.9 Å². The Morgan fingerprint density at radius 2 is 2.20 bits per heavy atom. The number of β-lactam (4-membered cyclic amide) rings is 1. The number of aromatic nitrogens is 1. The lowest BCUT2D eigenvalue weighted by molar-refractivity contribution is -0.141. The largest absolute Gasteiger partial charge is 0.398 e. The minimum absolute atomic E-state index is 0.167. The van der Waals surface area contributed by atoms with Crippen LogP contribution >= 0.6 is 11.3 Å². The number of urea groups is 1.